The quantitative estimate of drug-likeness (QED) is 0.840. The summed E-state index contributed by atoms with van der Waals surface area (Å²) in [6.07, 6.45) is 0. The molecule has 0 spiro atoms. The van der Waals surface area contributed by atoms with Crippen LogP contribution in [0.25, 0.3) is 0 Å². The van der Waals surface area contributed by atoms with E-state index in [2.05, 4.69) is 5.32 Å². The topological polar surface area (TPSA) is 66.4 Å². The fourth-order valence-corrected chi connectivity index (χ4v) is 1.90. The first-order valence-electron chi connectivity index (χ1n) is 4.99. The van der Waals surface area contributed by atoms with Crippen LogP contribution >= 0.6 is 23.4 Å². The van der Waals surface area contributed by atoms with Crippen LogP contribution in [0.5, 0.6) is 0 Å². The largest absolute Gasteiger partial charge is 0.481 e. The van der Waals surface area contributed by atoms with Crippen LogP contribution in [0, 0.1) is 5.82 Å². The Hall–Kier alpha value is -1.27. The highest BCUT2D eigenvalue weighted by molar-refractivity contribution is 8.00. The summed E-state index contributed by atoms with van der Waals surface area (Å²) in [5.41, 5.74) is 0.679. The van der Waals surface area contributed by atoms with Crippen LogP contribution in [0.1, 0.15) is 5.56 Å². The van der Waals surface area contributed by atoms with Crippen LogP contribution in [-0.4, -0.2) is 28.5 Å². The lowest BCUT2D eigenvalue weighted by Gasteiger charge is -2.05. The molecule has 1 rings (SSSR count). The van der Waals surface area contributed by atoms with Gasteiger partial charge in [0.2, 0.25) is 5.91 Å². The van der Waals surface area contributed by atoms with E-state index < -0.39 is 11.8 Å². The van der Waals surface area contributed by atoms with Gasteiger partial charge in [0.25, 0.3) is 0 Å². The molecule has 0 saturated heterocycles. The second kappa shape index (κ2) is 7.23. The minimum absolute atomic E-state index is 0.00185. The number of carbonyl (C=O) groups is 2. The second-order valence-electron chi connectivity index (χ2n) is 3.41. The average molecular weight is 292 g/mol. The van der Waals surface area contributed by atoms with Crippen LogP contribution in [0.4, 0.5) is 4.39 Å². The van der Waals surface area contributed by atoms with Gasteiger partial charge in [-0.2, -0.15) is 0 Å². The molecule has 0 atom stereocenters. The van der Waals surface area contributed by atoms with Crippen molar-refractivity contribution in [3.63, 3.8) is 0 Å². The minimum atomic E-state index is -0.960. The zero-order valence-corrected chi connectivity index (χ0v) is 10.9. The fraction of sp³-hybridized carbons (Fsp3) is 0.273. The molecule has 98 valence electrons. The maximum atomic E-state index is 12.9. The number of hydrogen-bond donors (Lipinski definition) is 2. The molecular weight excluding hydrogens is 281 g/mol. The van der Waals surface area contributed by atoms with Crippen molar-refractivity contribution in [1.29, 1.82) is 0 Å². The second-order valence-corrected chi connectivity index (χ2v) is 4.80. The van der Waals surface area contributed by atoms with Gasteiger partial charge in [0, 0.05) is 6.54 Å². The maximum Gasteiger partial charge on any atom is 0.313 e. The van der Waals surface area contributed by atoms with Crippen molar-refractivity contribution < 1.29 is 19.1 Å². The van der Waals surface area contributed by atoms with E-state index in [9.17, 15) is 14.0 Å². The van der Waals surface area contributed by atoms with Gasteiger partial charge in [-0.1, -0.05) is 17.7 Å². The zero-order valence-electron chi connectivity index (χ0n) is 9.28. The third-order valence-corrected chi connectivity index (χ3v) is 3.14. The summed E-state index contributed by atoms with van der Waals surface area (Å²) in [4.78, 5) is 21.5. The van der Waals surface area contributed by atoms with E-state index in [1.807, 2.05) is 0 Å². The third kappa shape index (κ3) is 5.37. The molecule has 4 nitrogen and oxygen atoms in total. The molecule has 0 heterocycles. The van der Waals surface area contributed by atoms with Gasteiger partial charge in [-0.15, -0.1) is 11.8 Å². The lowest BCUT2D eigenvalue weighted by Crippen LogP contribution is -2.25. The van der Waals surface area contributed by atoms with Gasteiger partial charge in [0.05, 0.1) is 16.5 Å². The van der Waals surface area contributed by atoms with Gasteiger partial charge >= 0.3 is 5.97 Å². The van der Waals surface area contributed by atoms with Crippen molar-refractivity contribution in [3.05, 3.63) is 34.6 Å². The fourth-order valence-electron chi connectivity index (χ4n) is 1.13. The summed E-state index contributed by atoms with van der Waals surface area (Å²) >= 11 is 6.60. The predicted octanol–water partition coefficient (Wildman–Crippen LogP) is 1.91. The van der Waals surface area contributed by atoms with E-state index in [1.165, 1.54) is 18.2 Å². The predicted molar refractivity (Wildman–Crippen MR) is 68.2 cm³/mol. The van der Waals surface area contributed by atoms with E-state index in [-0.39, 0.29) is 29.0 Å². The highest BCUT2D eigenvalue weighted by Gasteiger charge is 2.05. The number of aliphatic carboxylic acids is 1. The van der Waals surface area contributed by atoms with Crippen LogP contribution < -0.4 is 5.32 Å². The summed E-state index contributed by atoms with van der Waals surface area (Å²) in [5.74, 6) is -1.79. The molecular formula is C11H11ClFNO3S. The van der Waals surface area contributed by atoms with E-state index in [0.29, 0.717) is 5.56 Å². The number of thioether (sulfide) groups is 1. The van der Waals surface area contributed by atoms with Crippen molar-refractivity contribution in [2.75, 3.05) is 11.5 Å². The molecule has 0 bridgehead atoms. The van der Waals surface area contributed by atoms with Crippen LogP contribution in [-0.2, 0) is 16.1 Å². The molecule has 0 aromatic heterocycles. The van der Waals surface area contributed by atoms with E-state index >= 15 is 0 Å². The van der Waals surface area contributed by atoms with Crippen molar-refractivity contribution in [1.82, 2.24) is 5.32 Å². The molecule has 2 N–H and O–H groups in total. The molecule has 1 aromatic carbocycles. The molecule has 0 saturated carbocycles. The molecule has 0 aliphatic heterocycles. The van der Waals surface area contributed by atoms with Crippen LogP contribution in [0.3, 0.4) is 0 Å². The number of nitrogens with one attached hydrogen (secondary N) is 1. The molecule has 7 heteroatoms. The van der Waals surface area contributed by atoms with Gasteiger partial charge < -0.3 is 10.4 Å². The molecule has 0 aliphatic carbocycles. The van der Waals surface area contributed by atoms with E-state index in [0.717, 1.165) is 11.8 Å². The van der Waals surface area contributed by atoms with Crippen molar-refractivity contribution in [3.8, 4) is 0 Å². The Kier molecular flexibility index (Phi) is 5.94. The monoisotopic (exact) mass is 291 g/mol. The number of amides is 1. The summed E-state index contributed by atoms with van der Waals surface area (Å²) < 4.78 is 12.9. The van der Waals surface area contributed by atoms with Gasteiger partial charge in [-0.05, 0) is 17.7 Å². The molecule has 1 aromatic rings. The first kappa shape index (κ1) is 14.8. The van der Waals surface area contributed by atoms with E-state index in [4.69, 9.17) is 16.7 Å². The molecule has 0 fully saturated rings. The molecule has 18 heavy (non-hydrogen) atoms. The van der Waals surface area contributed by atoms with E-state index in [1.54, 1.807) is 0 Å². The average Bonchev–Trinajstić information content (AvgIpc) is 2.30. The molecule has 0 radical (unpaired) electrons. The lowest BCUT2D eigenvalue weighted by atomic mass is 10.2. The first-order valence-corrected chi connectivity index (χ1v) is 6.52. The Morgan fingerprint density at radius 1 is 1.39 bits per heavy atom. The SMILES string of the molecule is O=C(O)CSCC(=O)NCc1ccc(F)c(Cl)c1. The lowest BCUT2D eigenvalue weighted by molar-refractivity contribution is -0.133. The van der Waals surface area contributed by atoms with Crippen molar-refractivity contribution >= 4 is 35.2 Å². The number of halogens is 2. The summed E-state index contributed by atoms with van der Waals surface area (Å²) in [5, 5.41) is 11.0. The number of carboxylic acid groups (broad SMARTS) is 1. The summed E-state index contributed by atoms with van der Waals surface area (Å²) in [6, 6.07) is 4.18. The number of hydrogen-bond acceptors (Lipinski definition) is 3. The highest BCUT2D eigenvalue weighted by Crippen LogP contribution is 2.15. The molecule has 0 aliphatic rings. The number of rotatable bonds is 6. The number of benzene rings is 1. The Morgan fingerprint density at radius 3 is 2.72 bits per heavy atom. The summed E-state index contributed by atoms with van der Waals surface area (Å²) in [7, 11) is 0. The normalized spacial score (nSPS) is 10.1. The molecule has 1 amide bonds. The van der Waals surface area contributed by atoms with Gasteiger partial charge in [0.15, 0.2) is 0 Å². The highest BCUT2D eigenvalue weighted by atomic mass is 35.5. The third-order valence-electron chi connectivity index (χ3n) is 1.93. The Morgan fingerprint density at radius 2 is 2.11 bits per heavy atom. The Labute approximate surface area is 113 Å². The standard InChI is InChI=1S/C11H11ClFNO3S/c12-8-3-7(1-2-9(8)13)4-14-10(15)5-18-6-11(16)17/h1-3H,4-6H2,(H,14,15)(H,16,17). The van der Waals surface area contributed by atoms with Crippen LogP contribution in [0.2, 0.25) is 5.02 Å². The smallest absolute Gasteiger partial charge is 0.313 e. The molecule has 0 unspecified atom stereocenters. The van der Waals surface area contributed by atoms with Gasteiger partial charge in [0.1, 0.15) is 5.82 Å². The summed E-state index contributed by atoms with van der Waals surface area (Å²) in [6.45, 7) is 0.229. The Bertz CT molecular complexity index is 456. The van der Waals surface area contributed by atoms with Gasteiger partial charge in [-0.25, -0.2) is 4.39 Å². The first-order chi connectivity index (χ1) is 8.49. The van der Waals surface area contributed by atoms with Gasteiger partial charge in [-0.3, -0.25) is 9.59 Å². The minimum Gasteiger partial charge on any atom is -0.481 e. The number of carbonyl (C=O) groups excluding carboxylic acids is 1. The van der Waals surface area contributed by atoms with Crippen molar-refractivity contribution in [2.45, 2.75) is 6.54 Å². The zero-order chi connectivity index (χ0) is 13.5. The Balaban J connectivity index is 2.33. The van der Waals surface area contributed by atoms with Crippen LogP contribution in [0.15, 0.2) is 18.2 Å². The number of carboxylic acids is 1. The van der Waals surface area contributed by atoms with Crippen molar-refractivity contribution in [2.24, 2.45) is 0 Å². The maximum absolute atomic E-state index is 12.9.